The molecule has 168 valence electrons. The van der Waals surface area contributed by atoms with Crippen molar-refractivity contribution in [1.29, 1.82) is 0 Å². The molecule has 0 spiro atoms. The Balaban J connectivity index is 2.06. The molecule has 0 aromatic heterocycles. The van der Waals surface area contributed by atoms with Crippen LogP contribution in [-0.2, 0) is 24.1 Å². The highest BCUT2D eigenvalue weighted by molar-refractivity contribution is 7.90. The van der Waals surface area contributed by atoms with Gasteiger partial charge in [-0.25, -0.2) is 13.2 Å². The van der Waals surface area contributed by atoms with Crippen LogP contribution in [0.2, 0.25) is 0 Å². The van der Waals surface area contributed by atoms with Crippen molar-refractivity contribution in [3.63, 3.8) is 0 Å². The maximum absolute atomic E-state index is 12.9. The fourth-order valence-electron chi connectivity index (χ4n) is 3.16. The van der Waals surface area contributed by atoms with Crippen LogP contribution in [0.15, 0.2) is 29.2 Å². The standard InChI is InChI=1S/C21H32N2O6S/c1-15(16-7-9-18(10-8-16)30(6,26)27)22(5)19(24)13-17-14-28-12-11-23(17)20(25)29-21(2,3)4/h7-10,15,17H,11-14H2,1-6H3/t15-,17-/m0/s1. The predicted molar refractivity (Wildman–Crippen MR) is 113 cm³/mol. The monoisotopic (exact) mass is 440 g/mol. The molecule has 9 heteroatoms. The van der Waals surface area contributed by atoms with Gasteiger partial charge in [-0.15, -0.1) is 0 Å². The Kier molecular flexibility index (Phi) is 7.52. The fraction of sp³-hybridized carbons (Fsp3) is 0.619. The first-order chi connectivity index (χ1) is 13.8. The topological polar surface area (TPSA) is 93.2 Å². The quantitative estimate of drug-likeness (QED) is 0.699. The smallest absolute Gasteiger partial charge is 0.410 e. The third-order valence-electron chi connectivity index (χ3n) is 5.03. The van der Waals surface area contributed by atoms with Crippen molar-refractivity contribution < 1.29 is 27.5 Å². The molecular formula is C21H32N2O6S. The molecule has 0 radical (unpaired) electrons. The number of carbonyl (C=O) groups is 2. The molecular weight excluding hydrogens is 408 g/mol. The van der Waals surface area contributed by atoms with E-state index in [1.165, 1.54) is 0 Å². The van der Waals surface area contributed by atoms with Crippen LogP contribution in [0.3, 0.4) is 0 Å². The number of rotatable bonds is 5. The Morgan fingerprint density at radius 2 is 1.87 bits per heavy atom. The second kappa shape index (κ2) is 9.34. The van der Waals surface area contributed by atoms with Gasteiger partial charge in [0.05, 0.1) is 30.2 Å². The fourth-order valence-corrected chi connectivity index (χ4v) is 3.79. The molecule has 1 aliphatic rings. The SMILES string of the molecule is C[C@@H](c1ccc(S(C)(=O)=O)cc1)N(C)C(=O)C[C@H]1COCCN1C(=O)OC(C)(C)C. The van der Waals surface area contributed by atoms with E-state index in [2.05, 4.69) is 0 Å². The Morgan fingerprint density at radius 1 is 1.27 bits per heavy atom. The van der Waals surface area contributed by atoms with Crippen LogP contribution in [0.1, 0.15) is 45.7 Å². The number of benzene rings is 1. The summed E-state index contributed by atoms with van der Waals surface area (Å²) < 4.78 is 34.2. The van der Waals surface area contributed by atoms with E-state index in [0.29, 0.717) is 13.2 Å². The first kappa shape index (κ1) is 24.1. The van der Waals surface area contributed by atoms with Gasteiger partial charge in [0.25, 0.3) is 0 Å². The van der Waals surface area contributed by atoms with Crippen molar-refractivity contribution >= 4 is 21.8 Å². The molecule has 1 aliphatic heterocycles. The van der Waals surface area contributed by atoms with Crippen molar-refractivity contribution in [2.45, 2.75) is 56.7 Å². The highest BCUT2D eigenvalue weighted by atomic mass is 32.2. The van der Waals surface area contributed by atoms with Crippen LogP contribution >= 0.6 is 0 Å². The first-order valence-corrected chi connectivity index (χ1v) is 11.8. The second-order valence-corrected chi connectivity index (χ2v) is 10.6. The number of carbonyl (C=O) groups excluding carboxylic acids is 2. The van der Waals surface area contributed by atoms with Gasteiger partial charge in [-0.05, 0) is 45.4 Å². The normalized spacial score (nSPS) is 18.6. The number of hydrogen-bond donors (Lipinski definition) is 0. The Morgan fingerprint density at radius 3 is 2.40 bits per heavy atom. The maximum Gasteiger partial charge on any atom is 0.410 e. The summed E-state index contributed by atoms with van der Waals surface area (Å²) in [6, 6.07) is 5.84. The molecule has 2 amide bonds. The van der Waals surface area contributed by atoms with Gasteiger partial charge in [0, 0.05) is 26.3 Å². The molecule has 1 aromatic rings. The Hall–Kier alpha value is -2.13. The average Bonchev–Trinajstić information content (AvgIpc) is 2.65. The molecule has 0 saturated carbocycles. The van der Waals surface area contributed by atoms with E-state index >= 15 is 0 Å². The van der Waals surface area contributed by atoms with Gasteiger partial charge in [-0.1, -0.05) is 12.1 Å². The zero-order valence-corrected chi connectivity index (χ0v) is 19.4. The van der Waals surface area contributed by atoms with Crippen LogP contribution in [0.25, 0.3) is 0 Å². The number of amides is 2. The summed E-state index contributed by atoms with van der Waals surface area (Å²) in [7, 11) is -1.58. The van der Waals surface area contributed by atoms with Crippen molar-refractivity contribution in [2.24, 2.45) is 0 Å². The summed E-state index contributed by atoms with van der Waals surface area (Å²) >= 11 is 0. The highest BCUT2D eigenvalue weighted by Crippen LogP contribution is 2.23. The first-order valence-electron chi connectivity index (χ1n) is 9.92. The number of hydrogen-bond acceptors (Lipinski definition) is 6. The summed E-state index contributed by atoms with van der Waals surface area (Å²) in [5.41, 5.74) is 0.204. The van der Waals surface area contributed by atoms with E-state index in [4.69, 9.17) is 9.47 Å². The summed E-state index contributed by atoms with van der Waals surface area (Å²) in [4.78, 5) is 28.8. The van der Waals surface area contributed by atoms with E-state index in [1.807, 2.05) is 6.92 Å². The molecule has 0 bridgehead atoms. The number of nitrogens with zero attached hydrogens (tertiary/aromatic N) is 2. The second-order valence-electron chi connectivity index (χ2n) is 8.63. The van der Waals surface area contributed by atoms with E-state index in [9.17, 15) is 18.0 Å². The molecule has 8 nitrogen and oxygen atoms in total. The van der Waals surface area contributed by atoms with Crippen LogP contribution in [0.4, 0.5) is 4.79 Å². The molecule has 1 saturated heterocycles. The predicted octanol–water partition coefficient (Wildman–Crippen LogP) is 2.64. The minimum Gasteiger partial charge on any atom is -0.444 e. The highest BCUT2D eigenvalue weighted by Gasteiger charge is 2.33. The number of ether oxygens (including phenoxy) is 2. The van der Waals surface area contributed by atoms with E-state index in [1.54, 1.807) is 61.9 Å². The van der Waals surface area contributed by atoms with Crippen molar-refractivity contribution in [1.82, 2.24) is 9.80 Å². The zero-order valence-electron chi connectivity index (χ0n) is 18.5. The number of sulfone groups is 1. The third-order valence-corrected chi connectivity index (χ3v) is 6.16. The van der Waals surface area contributed by atoms with Crippen LogP contribution < -0.4 is 0 Å². The summed E-state index contributed by atoms with van der Waals surface area (Å²) in [5.74, 6) is -0.140. The molecule has 0 N–H and O–H groups in total. The van der Waals surface area contributed by atoms with Crippen LogP contribution in [0.5, 0.6) is 0 Å². The lowest BCUT2D eigenvalue weighted by molar-refractivity contribution is -0.134. The maximum atomic E-state index is 12.9. The molecule has 0 unspecified atom stereocenters. The van der Waals surface area contributed by atoms with Crippen LogP contribution in [0, 0.1) is 0 Å². The van der Waals surface area contributed by atoms with Crippen molar-refractivity contribution in [2.75, 3.05) is 33.1 Å². The van der Waals surface area contributed by atoms with Gasteiger partial charge in [-0.3, -0.25) is 4.79 Å². The molecule has 1 fully saturated rings. The lowest BCUT2D eigenvalue weighted by Crippen LogP contribution is -2.52. The van der Waals surface area contributed by atoms with Crippen molar-refractivity contribution in [3.05, 3.63) is 29.8 Å². The Bertz CT molecular complexity index is 860. The molecule has 1 aromatic carbocycles. The van der Waals surface area contributed by atoms with E-state index < -0.39 is 27.6 Å². The molecule has 30 heavy (non-hydrogen) atoms. The largest absolute Gasteiger partial charge is 0.444 e. The van der Waals surface area contributed by atoms with Gasteiger partial charge >= 0.3 is 6.09 Å². The van der Waals surface area contributed by atoms with Gasteiger partial charge in [0.2, 0.25) is 5.91 Å². The minimum atomic E-state index is -3.27. The van der Waals surface area contributed by atoms with Gasteiger partial charge in [0.1, 0.15) is 5.60 Å². The number of morpholine rings is 1. The molecule has 1 heterocycles. The zero-order chi connectivity index (χ0) is 22.7. The van der Waals surface area contributed by atoms with E-state index in [0.717, 1.165) is 11.8 Å². The Labute approximate surface area is 179 Å². The van der Waals surface area contributed by atoms with Gasteiger partial charge < -0.3 is 19.3 Å². The van der Waals surface area contributed by atoms with Crippen LogP contribution in [-0.4, -0.2) is 74.9 Å². The van der Waals surface area contributed by atoms with E-state index in [-0.39, 0.29) is 29.9 Å². The van der Waals surface area contributed by atoms with Gasteiger partial charge in [-0.2, -0.15) is 0 Å². The molecule has 2 rings (SSSR count). The summed E-state index contributed by atoms with van der Waals surface area (Å²) in [6.45, 7) is 8.33. The summed E-state index contributed by atoms with van der Waals surface area (Å²) in [5, 5.41) is 0. The third kappa shape index (κ3) is 6.43. The minimum absolute atomic E-state index is 0.113. The molecule has 2 atom stereocenters. The average molecular weight is 441 g/mol. The lowest BCUT2D eigenvalue weighted by atomic mass is 10.1. The lowest BCUT2D eigenvalue weighted by Gasteiger charge is -2.37. The van der Waals surface area contributed by atoms with Crippen molar-refractivity contribution in [3.8, 4) is 0 Å². The van der Waals surface area contributed by atoms with Gasteiger partial charge in [0.15, 0.2) is 9.84 Å². The molecule has 0 aliphatic carbocycles. The summed E-state index contributed by atoms with van der Waals surface area (Å²) in [6.07, 6.45) is 0.821.